The van der Waals surface area contributed by atoms with Crippen LogP contribution in [0.4, 0.5) is 5.82 Å². The van der Waals surface area contributed by atoms with Crippen molar-refractivity contribution in [2.45, 2.75) is 6.54 Å². The van der Waals surface area contributed by atoms with Crippen LogP contribution >= 0.6 is 23.2 Å². The van der Waals surface area contributed by atoms with Crippen LogP contribution in [0.15, 0.2) is 48.5 Å². The first-order valence-electron chi connectivity index (χ1n) is 6.13. The number of hydrogen-bond acceptors (Lipinski definition) is 3. The Bertz CT molecular complexity index is 759. The van der Waals surface area contributed by atoms with Gasteiger partial charge in [-0.05, 0) is 29.8 Å². The van der Waals surface area contributed by atoms with Crippen LogP contribution < -0.4 is 5.32 Å². The molecule has 20 heavy (non-hydrogen) atoms. The van der Waals surface area contributed by atoms with Crippen LogP contribution in [0.3, 0.4) is 0 Å². The van der Waals surface area contributed by atoms with E-state index in [0.29, 0.717) is 22.5 Å². The van der Waals surface area contributed by atoms with E-state index in [1.54, 1.807) is 0 Å². The zero-order valence-electron chi connectivity index (χ0n) is 10.5. The van der Waals surface area contributed by atoms with Crippen molar-refractivity contribution in [3.8, 4) is 0 Å². The van der Waals surface area contributed by atoms with E-state index >= 15 is 0 Å². The molecule has 2 aromatic carbocycles. The van der Waals surface area contributed by atoms with E-state index in [2.05, 4.69) is 15.3 Å². The zero-order chi connectivity index (χ0) is 13.9. The highest BCUT2D eigenvalue weighted by molar-refractivity contribution is 6.32. The van der Waals surface area contributed by atoms with Gasteiger partial charge in [0.25, 0.3) is 0 Å². The van der Waals surface area contributed by atoms with Gasteiger partial charge in [0.15, 0.2) is 11.0 Å². The van der Waals surface area contributed by atoms with Gasteiger partial charge in [-0.3, -0.25) is 0 Å². The Morgan fingerprint density at radius 2 is 1.65 bits per heavy atom. The number of aromatic nitrogens is 2. The van der Waals surface area contributed by atoms with Gasteiger partial charge in [-0.15, -0.1) is 0 Å². The first kappa shape index (κ1) is 13.2. The van der Waals surface area contributed by atoms with Crippen LogP contribution in [0.1, 0.15) is 5.56 Å². The number of hydrogen-bond donors (Lipinski definition) is 1. The zero-order valence-corrected chi connectivity index (χ0v) is 12.0. The van der Waals surface area contributed by atoms with Gasteiger partial charge in [0.05, 0.1) is 11.0 Å². The molecule has 0 saturated heterocycles. The summed E-state index contributed by atoms with van der Waals surface area (Å²) in [4.78, 5) is 8.79. The summed E-state index contributed by atoms with van der Waals surface area (Å²) in [7, 11) is 0. The van der Waals surface area contributed by atoms with Gasteiger partial charge < -0.3 is 5.32 Å². The van der Waals surface area contributed by atoms with Gasteiger partial charge in [-0.2, -0.15) is 0 Å². The van der Waals surface area contributed by atoms with E-state index in [0.717, 1.165) is 16.6 Å². The number of anilines is 1. The summed E-state index contributed by atoms with van der Waals surface area (Å²) in [5.74, 6) is 0.574. The molecular weight excluding hydrogens is 293 g/mol. The SMILES string of the molecule is Clc1cccc(CNc2nc3ccccc3nc2Cl)c1. The number of rotatable bonds is 3. The average molecular weight is 304 g/mol. The molecule has 3 nitrogen and oxygen atoms in total. The third-order valence-electron chi connectivity index (χ3n) is 2.88. The highest BCUT2D eigenvalue weighted by Crippen LogP contribution is 2.21. The molecule has 0 spiro atoms. The smallest absolute Gasteiger partial charge is 0.172 e. The lowest BCUT2D eigenvalue weighted by Crippen LogP contribution is -2.03. The number of halogens is 2. The maximum absolute atomic E-state index is 6.14. The van der Waals surface area contributed by atoms with Gasteiger partial charge in [0.1, 0.15) is 0 Å². The van der Waals surface area contributed by atoms with E-state index in [1.807, 2.05) is 48.5 Å². The standard InChI is InChI=1S/C15H11Cl2N3/c16-11-5-3-4-10(8-11)9-18-15-14(17)19-12-6-1-2-7-13(12)20-15/h1-8H,9H2,(H,18,20). The summed E-state index contributed by atoms with van der Waals surface area (Å²) < 4.78 is 0. The van der Waals surface area contributed by atoms with Gasteiger partial charge in [0, 0.05) is 11.6 Å². The first-order chi connectivity index (χ1) is 9.72. The molecule has 1 heterocycles. The maximum Gasteiger partial charge on any atom is 0.172 e. The lowest BCUT2D eigenvalue weighted by Gasteiger charge is -2.08. The molecule has 1 aromatic heterocycles. The molecule has 5 heteroatoms. The van der Waals surface area contributed by atoms with Crippen molar-refractivity contribution in [1.29, 1.82) is 0 Å². The third-order valence-corrected chi connectivity index (χ3v) is 3.38. The van der Waals surface area contributed by atoms with E-state index in [4.69, 9.17) is 23.2 Å². The molecule has 0 fully saturated rings. The molecule has 3 aromatic rings. The van der Waals surface area contributed by atoms with Crippen molar-refractivity contribution in [1.82, 2.24) is 9.97 Å². The molecule has 0 aliphatic rings. The van der Waals surface area contributed by atoms with E-state index in [1.165, 1.54) is 0 Å². The Hall–Kier alpha value is -1.84. The summed E-state index contributed by atoms with van der Waals surface area (Å²) in [5, 5.41) is 4.26. The van der Waals surface area contributed by atoms with Gasteiger partial charge in [0.2, 0.25) is 0 Å². The molecule has 0 unspecified atom stereocenters. The highest BCUT2D eigenvalue weighted by Gasteiger charge is 2.06. The highest BCUT2D eigenvalue weighted by atomic mass is 35.5. The maximum atomic E-state index is 6.14. The summed E-state index contributed by atoms with van der Waals surface area (Å²) in [5.41, 5.74) is 2.65. The van der Waals surface area contributed by atoms with Crippen molar-refractivity contribution in [2.75, 3.05) is 5.32 Å². The molecule has 100 valence electrons. The minimum atomic E-state index is 0.366. The summed E-state index contributed by atoms with van der Waals surface area (Å²) in [6.45, 7) is 0.591. The van der Waals surface area contributed by atoms with Gasteiger partial charge in [-0.1, -0.05) is 47.5 Å². The second kappa shape index (κ2) is 5.65. The van der Waals surface area contributed by atoms with Crippen molar-refractivity contribution < 1.29 is 0 Å². The van der Waals surface area contributed by atoms with Crippen LogP contribution in [0, 0.1) is 0 Å². The topological polar surface area (TPSA) is 37.8 Å². The fourth-order valence-electron chi connectivity index (χ4n) is 1.92. The Labute approximate surface area is 126 Å². The number of para-hydroxylation sites is 2. The molecule has 0 atom stereocenters. The summed E-state index contributed by atoms with van der Waals surface area (Å²) in [6.07, 6.45) is 0. The predicted molar refractivity (Wildman–Crippen MR) is 83.3 cm³/mol. The minimum absolute atomic E-state index is 0.366. The number of nitrogens with one attached hydrogen (secondary N) is 1. The van der Waals surface area contributed by atoms with Crippen LogP contribution in [0.5, 0.6) is 0 Å². The lowest BCUT2D eigenvalue weighted by molar-refractivity contribution is 1.11. The molecule has 0 radical (unpaired) electrons. The molecule has 0 amide bonds. The summed E-state index contributed by atoms with van der Waals surface area (Å²) >= 11 is 12.1. The molecule has 0 aliphatic carbocycles. The fraction of sp³-hybridized carbons (Fsp3) is 0.0667. The van der Waals surface area contributed by atoms with Crippen LogP contribution in [0.2, 0.25) is 10.2 Å². The molecule has 0 aliphatic heterocycles. The van der Waals surface area contributed by atoms with E-state index in [-0.39, 0.29) is 0 Å². The summed E-state index contributed by atoms with van der Waals surface area (Å²) in [6, 6.07) is 15.3. The van der Waals surface area contributed by atoms with Gasteiger partial charge >= 0.3 is 0 Å². The second-order valence-electron chi connectivity index (χ2n) is 4.34. The van der Waals surface area contributed by atoms with Crippen LogP contribution in [-0.2, 0) is 6.54 Å². The van der Waals surface area contributed by atoms with Crippen molar-refractivity contribution in [3.63, 3.8) is 0 Å². The van der Waals surface area contributed by atoms with Crippen molar-refractivity contribution in [3.05, 3.63) is 64.3 Å². The van der Waals surface area contributed by atoms with Crippen LogP contribution in [0.25, 0.3) is 11.0 Å². The Balaban J connectivity index is 1.85. The number of fused-ring (bicyclic) bond motifs is 1. The number of benzene rings is 2. The quantitative estimate of drug-likeness (QED) is 0.771. The largest absolute Gasteiger partial charge is 0.363 e. The molecule has 0 saturated carbocycles. The van der Waals surface area contributed by atoms with Crippen molar-refractivity contribution in [2.24, 2.45) is 0 Å². The normalized spacial score (nSPS) is 10.7. The van der Waals surface area contributed by atoms with Gasteiger partial charge in [-0.25, -0.2) is 9.97 Å². The Kier molecular flexibility index (Phi) is 3.72. The average Bonchev–Trinajstić information content (AvgIpc) is 2.45. The third kappa shape index (κ3) is 2.84. The number of nitrogens with zero attached hydrogens (tertiary/aromatic N) is 2. The van der Waals surface area contributed by atoms with E-state index in [9.17, 15) is 0 Å². The fourth-order valence-corrected chi connectivity index (χ4v) is 2.34. The predicted octanol–water partition coefficient (Wildman–Crippen LogP) is 4.55. The molecular formula is C15H11Cl2N3. The van der Waals surface area contributed by atoms with Crippen LogP contribution in [-0.4, -0.2) is 9.97 Å². The molecule has 3 rings (SSSR count). The monoisotopic (exact) mass is 303 g/mol. The Morgan fingerprint density at radius 3 is 2.40 bits per heavy atom. The van der Waals surface area contributed by atoms with Crippen molar-refractivity contribution >= 4 is 40.1 Å². The molecule has 1 N–H and O–H groups in total. The minimum Gasteiger partial charge on any atom is -0.363 e. The second-order valence-corrected chi connectivity index (χ2v) is 5.13. The first-order valence-corrected chi connectivity index (χ1v) is 6.88. The molecule has 0 bridgehead atoms. The lowest BCUT2D eigenvalue weighted by atomic mass is 10.2. The Morgan fingerprint density at radius 1 is 0.900 bits per heavy atom. The van der Waals surface area contributed by atoms with E-state index < -0.39 is 0 Å².